The Hall–Kier alpha value is -4.19. The lowest BCUT2D eigenvalue weighted by Gasteiger charge is -2.18. The fraction of sp³-hybridized carbons (Fsp3) is 0.676. The second-order valence-electron chi connectivity index (χ2n) is 20.9. The lowest BCUT2D eigenvalue weighted by Crippen LogP contribution is -2.30. The molecular formula is C71H118O6. The molecule has 77 heavy (non-hydrogen) atoms. The number of unbranched alkanes of at least 4 members (excludes halogenated alkanes) is 26. The third-order valence-electron chi connectivity index (χ3n) is 13.4. The van der Waals surface area contributed by atoms with Gasteiger partial charge in [0.2, 0.25) is 0 Å². The molecule has 1 unspecified atom stereocenters. The van der Waals surface area contributed by atoms with Crippen LogP contribution in [0.1, 0.15) is 290 Å². The van der Waals surface area contributed by atoms with Gasteiger partial charge >= 0.3 is 17.9 Å². The van der Waals surface area contributed by atoms with Gasteiger partial charge < -0.3 is 14.2 Å². The summed E-state index contributed by atoms with van der Waals surface area (Å²) in [6, 6.07) is 0. The Morgan fingerprint density at radius 3 is 0.844 bits per heavy atom. The smallest absolute Gasteiger partial charge is 0.306 e. The van der Waals surface area contributed by atoms with E-state index in [9.17, 15) is 14.4 Å². The van der Waals surface area contributed by atoms with Crippen LogP contribution in [0.3, 0.4) is 0 Å². The zero-order valence-corrected chi connectivity index (χ0v) is 50.2. The van der Waals surface area contributed by atoms with Crippen molar-refractivity contribution in [2.24, 2.45) is 0 Å². The maximum atomic E-state index is 12.9. The number of rotatable bonds is 57. The normalized spacial score (nSPS) is 12.9. The molecule has 0 heterocycles. The molecule has 0 radical (unpaired) electrons. The molecule has 0 saturated carbocycles. The molecule has 0 aliphatic carbocycles. The van der Waals surface area contributed by atoms with Crippen LogP contribution in [0.15, 0.2) is 122 Å². The molecule has 0 aliphatic rings. The van der Waals surface area contributed by atoms with Crippen molar-refractivity contribution in [3.8, 4) is 0 Å². The summed E-state index contributed by atoms with van der Waals surface area (Å²) in [6.07, 6.45) is 89.1. The summed E-state index contributed by atoms with van der Waals surface area (Å²) in [4.78, 5) is 38.3. The van der Waals surface area contributed by atoms with Gasteiger partial charge in [0.25, 0.3) is 0 Å². The van der Waals surface area contributed by atoms with E-state index in [1.807, 2.05) is 0 Å². The molecule has 1 atom stereocenters. The van der Waals surface area contributed by atoms with E-state index >= 15 is 0 Å². The maximum Gasteiger partial charge on any atom is 0.306 e. The first-order valence-corrected chi connectivity index (χ1v) is 32.0. The fourth-order valence-corrected chi connectivity index (χ4v) is 8.61. The highest BCUT2D eigenvalue weighted by Crippen LogP contribution is 2.15. The molecular weight excluding hydrogens is 949 g/mol. The van der Waals surface area contributed by atoms with Crippen molar-refractivity contribution in [2.75, 3.05) is 13.2 Å². The largest absolute Gasteiger partial charge is 0.462 e. The molecule has 0 spiro atoms. The quantitative estimate of drug-likeness (QED) is 0.0261. The standard InChI is InChI=1S/C71H118O6/c1-4-7-10-13-16-19-22-25-28-30-31-32-33-34-35-36-37-38-39-40-41-42-44-46-49-52-55-58-61-64-70(73)76-67-68(66-75-69(72)63-60-57-54-51-48-45-27-24-21-18-15-12-9-6-3)77-71(74)65-62-59-56-53-50-47-43-29-26-23-20-17-14-11-8-5-2/h7,10,15-16,18-19,24-25,27-29,31-32,34-35,37-38,40-41,43,68H,4-6,8-9,11-14,17,20-23,26,30,33,36,39,42,44-67H2,1-3H3/b10-7-,18-15-,19-16-,27-24-,28-25-,32-31-,35-34-,38-37-,41-40-,43-29-. The molecule has 0 amide bonds. The highest BCUT2D eigenvalue weighted by Gasteiger charge is 2.19. The van der Waals surface area contributed by atoms with Crippen LogP contribution < -0.4 is 0 Å². The molecule has 6 heteroatoms. The average Bonchev–Trinajstić information content (AvgIpc) is 3.43. The molecule has 0 saturated heterocycles. The third kappa shape index (κ3) is 62.5. The van der Waals surface area contributed by atoms with Gasteiger partial charge in [0.1, 0.15) is 13.2 Å². The number of ether oxygens (including phenoxy) is 3. The molecule has 0 aliphatic heterocycles. The third-order valence-corrected chi connectivity index (χ3v) is 13.4. The van der Waals surface area contributed by atoms with E-state index in [-0.39, 0.29) is 31.1 Å². The second kappa shape index (κ2) is 64.3. The monoisotopic (exact) mass is 1070 g/mol. The minimum Gasteiger partial charge on any atom is -0.462 e. The Balaban J connectivity index is 4.36. The van der Waals surface area contributed by atoms with Gasteiger partial charge in [0.15, 0.2) is 6.10 Å². The lowest BCUT2D eigenvalue weighted by molar-refractivity contribution is -0.167. The van der Waals surface area contributed by atoms with Crippen LogP contribution in [-0.4, -0.2) is 37.2 Å². The number of carbonyl (C=O) groups is 3. The topological polar surface area (TPSA) is 78.9 Å². The summed E-state index contributed by atoms with van der Waals surface area (Å²) in [5.41, 5.74) is 0. The van der Waals surface area contributed by atoms with Gasteiger partial charge in [-0.15, -0.1) is 0 Å². The summed E-state index contributed by atoms with van der Waals surface area (Å²) in [5, 5.41) is 0. The molecule has 0 fully saturated rings. The van der Waals surface area contributed by atoms with Gasteiger partial charge in [-0.25, -0.2) is 0 Å². The number of carbonyl (C=O) groups excluding carboxylic acids is 3. The minimum atomic E-state index is -0.797. The first-order valence-electron chi connectivity index (χ1n) is 32.0. The Kier molecular flexibility index (Phi) is 60.8. The zero-order chi connectivity index (χ0) is 55.7. The Morgan fingerprint density at radius 2 is 0.519 bits per heavy atom. The average molecular weight is 1070 g/mol. The highest BCUT2D eigenvalue weighted by atomic mass is 16.6. The van der Waals surface area contributed by atoms with Crippen LogP contribution in [0.2, 0.25) is 0 Å². The van der Waals surface area contributed by atoms with Gasteiger partial charge in [-0.1, -0.05) is 264 Å². The predicted octanol–water partition coefficient (Wildman–Crippen LogP) is 22.0. The van der Waals surface area contributed by atoms with Crippen molar-refractivity contribution in [2.45, 2.75) is 297 Å². The summed E-state index contributed by atoms with van der Waals surface area (Å²) >= 11 is 0. The molecule has 0 rings (SSSR count). The van der Waals surface area contributed by atoms with Gasteiger partial charge in [-0.05, 0) is 128 Å². The minimum absolute atomic E-state index is 0.0935. The first kappa shape index (κ1) is 72.8. The van der Waals surface area contributed by atoms with Gasteiger partial charge in [-0.2, -0.15) is 0 Å². The van der Waals surface area contributed by atoms with E-state index in [0.717, 1.165) is 148 Å². The molecule has 6 nitrogen and oxygen atoms in total. The second-order valence-corrected chi connectivity index (χ2v) is 20.9. The van der Waals surface area contributed by atoms with Crippen molar-refractivity contribution in [3.05, 3.63) is 122 Å². The molecule has 0 aromatic heterocycles. The van der Waals surface area contributed by atoms with E-state index in [1.54, 1.807) is 0 Å². The highest BCUT2D eigenvalue weighted by molar-refractivity contribution is 5.71. The van der Waals surface area contributed by atoms with Gasteiger partial charge in [0.05, 0.1) is 0 Å². The number of esters is 3. The molecule has 0 aromatic rings. The molecule has 0 aromatic carbocycles. The van der Waals surface area contributed by atoms with Gasteiger partial charge in [0, 0.05) is 19.3 Å². The summed E-state index contributed by atoms with van der Waals surface area (Å²) in [7, 11) is 0. The van der Waals surface area contributed by atoms with Crippen LogP contribution in [-0.2, 0) is 28.6 Å². The zero-order valence-electron chi connectivity index (χ0n) is 50.2. The van der Waals surface area contributed by atoms with E-state index < -0.39 is 6.10 Å². The number of hydrogen-bond donors (Lipinski definition) is 0. The van der Waals surface area contributed by atoms with Crippen LogP contribution in [0.5, 0.6) is 0 Å². The van der Waals surface area contributed by atoms with Crippen molar-refractivity contribution in [3.63, 3.8) is 0 Å². The Labute approximate surface area is 475 Å². The SMILES string of the molecule is CC/C=C\C/C=C\C/C=C\C/C=C\C/C=C\C/C=C\C/C=C\CCCCCCCCCC(=O)OCC(COC(=O)CCCCCCC/C=C\C/C=C\CCCC)OC(=O)CCCCCCC/C=C\CCCCCCCCC. The van der Waals surface area contributed by atoms with Crippen LogP contribution in [0.4, 0.5) is 0 Å². The number of hydrogen-bond acceptors (Lipinski definition) is 6. The van der Waals surface area contributed by atoms with Crippen LogP contribution in [0, 0.1) is 0 Å². The Morgan fingerprint density at radius 1 is 0.273 bits per heavy atom. The molecule has 0 bridgehead atoms. The van der Waals surface area contributed by atoms with Crippen molar-refractivity contribution >= 4 is 17.9 Å². The van der Waals surface area contributed by atoms with E-state index in [4.69, 9.17) is 14.2 Å². The summed E-state index contributed by atoms with van der Waals surface area (Å²) in [6.45, 7) is 6.47. The lowest BCUT2D eigenvalue weighted by atomic mass is 10.1. The fourth-order valence-electron chi connectivity index (χ4n) is 8.61. The van der Waals surface area contributed by atoms with E-state index in [2.05, 4.69) is 142 Å². The summed E-state index contributed by atoms with van der Waals surface area (Å²) < 4.78 is 16.9. The van der Waals surface area contributed by atoms with E-state index in [1.165, 1.54) is 103 Å². The van der Waals surface area contributed by atoms with Crippen LogP contribution >= 0.6 is 0 Å². The molecule has 0 N–H and O–H groups in total. The molecule has 438 valence electrons. The first-order chi connectivity index (χ1) is 38.0. The number of allylic oxidation sites excluding steroid dienone is 20. The maximum absolute atomic E-state index is 12.9. The van der Waals surface area contributed by atoms with Crippen molar-refractivity contribution in [1.82, 2.24) is 0 Å². The summed E-state index contributed by atoms with van der Waals surface area (Å²) in [5.74, 6) is -0.922. The van der Waals surface area contributed by atoms with Gasteiger partial charge in [-0.3, -0.25) is 14.4 Å². The van der Waals surface area contributed by atoms with Crippen molar-refractivity contribution in [1.29, 1.82) is 0 Å². The van der Waals surface area contributed by atoms with E-state index in [0.29, 0.717) is 19.3 Å². The predicted molar refractivity (Wildman–Crippen MR) is 334 cm³/mol. The Bertz CT molecular complexity index is 1600. The van der Waals surface area contributed by atoms with Crippen molar-refractivity contribution < 1.29 is 28.6 Å². The van der Waals surface area contributed by atoms with Crippen LogP contribution in [0.25, 0.3) is 0 Å².